The van der Waals surface area contributed by atoms with E-state index in [1.807, 2.05) is 36.5 Å². The first-order chi connectivity index (χ1) is 18.0. The normalized spacial score (nSPS) is 15.8. The van der Waals surface area contributed by atoms with E-state index >= 15 is 0 Å². The number of aromatic nitrogens is 2. The summed E-state index contributed by atoms with van der Waals surface area (Å²) in [4.78, 5) is 24.9. The Balaban J connectivity index is 1.40. The summed E-state index contributed by atoms with van der Waals surface area (Å²) in [5.74, 6) is 0.0187. The summed E-state index contributed by atoms with van der Waals surface area (Å²) in [6, 6.07) is 13.2. The minimum Gasteiger partial charge on any atom is -0.505 e. The molecule has 1 aliphatic heterocycles. The van der Waals surface area contributed by atoms with E-state index in [-0.39, 0.29) is 27.5 Å². The van der Waals surface area contributed by atoms with Gasteiger partial charge in [0.2, 0.25) is 0 Å². The molecule has 6 nitrogen and oxygen atoms in total. The lowest BCUT2D eigenvalue weighted by atomic mass is 9.99. The zero-order chi connectivity index (χ0) is 25.5. The van der Waals surface area contributed by atoms with Gasteiger partial charge in [0.15, 0.2) is 11.5 Å². The van der Waals surface area contributed by atoms with Crippen LogP contribution < -0.4 is 5.32 Å². The molecule has 2 aromatic heterocycles. The number of ketones is 1. The lowest BCUT2D eigenvalue weighted by Gasteiger charge is -2.16. The Morgan fingerprint density at radius 1 is 0.973 bits per heavy atom. The van der Waals surface area contributed by atoms with Crippen LogP contribution in [0.5, 0.6) is 5.75 Å². The van der Waals surface area contributed by atoms with E-state index in [2.05, 4.69) is 20.2 Å². The largest absolute Gasteiger partial charge is 0.505 e. The Morgan fingerprint density at radius 2 is 1.73 bits per heavy atom. The highest BCUT2D eigenvalue weighted by Crippen LogP contribution is 2.40. The first kappa shape index (κ1) is 24.2. The second-order valence-corrected chi connectivity index (χ2v) is 10.7. The number of nitrogens with one attached hydrogen (secondary N) is 1. The molecule has 0 amide bonds. The topological polar surface area (TPSA) is 78.3 Å². The Bertz CT molecular complexity index is 1470. The van der Waals surface area contributed by atoms with Crippen molar-refractivity contribution in [3.05, 3.63) is 76.2 Å². The minimum atomic E-state index is -0.144. The van der Waals surface area contributed by atoms with Gasteiger partial charge in [0.25, 0.3) is 0 Å². The van der Waals surface area contributed by atoms with E-state index in [1.54, 1.807) is 18.3 Å². The van der Waals surface area contributed by atoms with E-state index in [1.165, 1.54) is 12.8 Å². The molecule has 2 fully saturated rings. The summed E-state index contributed by atoms with van der Waals surface area (Å²) < 4.78 is 0. The monoisotopic (exact) mass is 532 g/mol. The van der Waals surface area contributed by atoms with Gasteiger partial charge in [0, 0.05) is 24.0 Å². The van der Waals surface area contributed by atoms with E-state index in [4.69, 9.17) is 23.2 Å². The molecule has 1 saturated heterocycles. The molecule has 37 heavy (non-hydrogen) atoms. The number of carbonyl (C=O) groups is 1. The summed E-state index contributed by atoms with van der Waals surface area (Å²) in [5, 5.41) is 14.6. The Labute approximate surface area is 225 Å². The predicted octanol–water partition coefficient (Wildman–Crippen LogP) is 7.24. The number of pyridine rings is 2. The van der Waals surface area contributed by atoms with Gasteiger partial charge >= 0.3 is 0 Å². The van der Waals surface area contributed by atoms with E-state index in [9.17, 15) is 9.90 Å². The molecule has 4 aromatic rings. The van der Waals surface area contributed by atoms with Gasteiger partial charge in [-0.3, -0.25) is 19.7 Å². The minimum absolute atomic E-state index is 0.0543. The maximum absolute atomic E-state index is 13.2. The lowest BCUT2D eigenvalue weighted by Crippen LogP contribution is -2.19. The molecule has 2 aromatic carbocycles. The molecule has 0 atom stereocenters. The first-order valence-electron chi connectivity index (χ1n) is 12.6. The maximum Gasteiger partial charge on any atom is 0.169 e. The molecule has 1 aliphatic carbocycles. The molecule has 188 valence electrons. The number of rotatable bonds is 7. The van der Waals surface area contributed by atoms with Gasteiger partial charge in [-0.1, -0.05) is 29.3 Å². The van der Waals surface area contributed by atoms with Crippen LogP contribution in [-0.2, 0) is 6.54 Å². The highest BCUT2D eigenvalue weighted by Gasteiger charge is 2.32. The van der Waals surface area contributed by atoms with E-state index in [0.717, 1.165) is 65.9 Å². The fourth-order valence-corrected chi connectivity index (χ4v) is 5.38. The van der Waals surface area contributed by atoms with E-state index in [0.29, 0.717) is 11.3 Å². The van der Waals surface area contributed by atoms with Crippen LogP contribution >= 0.6 is 23.2 Å². The Morgan fingerprint density at radius 3 is 2.41 bits per heavy atom. The number of halogens is 2. The molecule has 0 spiro atoms. The van der Waals surface area contributed by atoms with Crippen LogP contribution in [0.4, 0.5) is 11.4 Å². The molecule has 3 heterocycles. The van der Waals surface area contributed by atoms with Crippen LogP contribution in [0.25, 0.3) is 22.0 Å². The fourth-order valence-electron chi connectivity index (χ4n) is 4.90. The highest BCUT2D eigenvalue weighted by molar-refractivity contribution is 6.37. The molecule has 0 bridgehead atoms. The van der Waals surface area contributed by atoms with Gasteiger partial charge in [0.1, 0.15) is 0 Å². The fraction of sp³-hybridized carbons (Fsp3) is 0.276. The quantitative estimate of drug-likeness (QED) is 0.244. The number of nitrogens with zero attached hydrogens (tertiary/aromatic N) is 3. The number of phenolic OH excluding ortho intramolecular Hbond substituents is 1. The average Bonchev–Trinajstić information content (AvgIpc) is 3.64. The smallest absolute Gasteiger partial charge is 0.169 e. The van der Waals surface area contributed by atoms with Crippen molar-refractivity contribution in [2.24, 2.45) is 5.92 Å². The summed E-state index contributed by atoms with van der Waals surface area (Å²) >= 11 is 12.4. The lowest BCUT2D eigenvalue weighted by molar-refractivity contribution is 0.0968. The molecule has 2 aliphatic rings. The average molecular weight is 533 g/mol. The van der Waals surface area contributed by atoms with Crippen molar-refractivity contribution < 1.29 is 9.90 Å². The van der Waals surface area contributed by atoms with Gasteiger partial charge in [0.05, 0.1) is 44.4 Å². The third-order valence-corrected chi connectivity index (χ3v) is 7.69. The predicted molar refractivity (Wildman–Crippen MR) is 148 cm³/mol. The van der Waals surface area contributed by atoms with Crippen LogP contribution in [-0.4, -0.2) is 38.8 Å². The Kier molecular flexibility index (Phi) is 6.49. The second-order valence-electron chi connectivity index (χ2n) is 9.85. The number of carbonyl (C=O) groups excluding carboxylic acids is 1. The zero-order valence-electron chi connectivity index (χ0n) is 20.2. The number of hydrogen-bond acceptors (Lipinski definition) is 6. The van der Waals surface area contributed by atoms with Gasteiger partial charge in [-0.15, -0.1) is 0 Å². The van der Waals surface area contributed by atoms with Gasteiger partial charge in [-0.2, -0.15) is 0 Å². The van der Waals surface area contributed by atoms with Crippen molar-refractivity contribution in [2.45, 2.75) is 32.2 Å². The molecule has 0 unspecified atom stereocenters. The number of phenols is 1. The summed E-state index contributed by atoms with van der Waals surface area (Å²) in [7, 11) is 0. The number of fused-ring (bicyclic) bond motifs is 1. The third-order valence-electron chi connectivity index (χ3n) is 7.11. The van der Waals surface area contributed by atoms with Crippen molar-refractivity contribution in [2.75, 3.05) is 18.4 Å². The number of likely N-dealkylation sites (tertiary alicyclic amines) is 1. The van der Waals surface area contributed by atoms with Crippen molar-refractivity contribution in [1.29, 1.82) is 0 Å². The molecule has 8 heteroatoms. The standard InChI is InChI=1S/C29H26Cl2N4O2/c30-24-12-19(13-25(31)29(24)37)18-5-8-26-22(11-18)27(23(15-33-26)28(36)17-3-4-17)34-20-6-7-21(32-14-20)16-35-9-1-2-10-35/h5-8,11-15,17,37H,1-4,9-10,16H2,(H,33,34). The number of aromatic hydroxyl groups is 1. The number of hydrogen-bond donors (Lipinski definition) is 2. The second kappa shape index (κ2) is 9.93. The number of anilines is 2. The molecule has 0 radical (unpaired) electrons. The number of Topliss-reactive ketones (excluding diaryl/α,β-unsaturated/α-hetero) is 1. The number of benzene rings is 2. The zero-order valence-corrected chi connectivity index (χ0v) is 21.7. The van der Waals surface area contributed by atoms with Gasteiger partial charge in [-0.05, 0) is 86.3 Å². The molecular formula is C29H26Cl2N4O2. The molecular weight excluding hydrogens is 507 g/mol. The maximum atomic E-state index is 13.2. The van der Waals surface area contributed by atoms with Crippen molar-refractivity contribution in [3.8, 4) is 16.9 Å². The van der Waals surface area contributed by atoms with Gasteiger partial charge in [-0.25, -0.2) is 0 Å². The SMILES string of the molecule is O=C(c1cnc2ccc(-c3cc(Cl)c(O)c(Cl)c3)cc2c1Nc1ccc(CN2CCCC2)nc1)C1CC1. The molecule has 1 saturated carbocycles. The van der Waals surface area contributed by atoms with Gasteiger partial charge < -0.3 is 10.4 Å². The van der Waals surface area contributed by atoms with Crippen LogP contribution in [0.1, 0.15) is 41.7 Å². The third kappa shape index (κ3) is 5.01. The summed E-state index contributed by atoms with van der Waals surface area (Å²) in [5.41, 5.74) is 5.49. The molecule has 6 rings (SSSR count). The first-order valence-corrected chi connectivity index (χ1v) is 13.3. The van der Waals surface area contributed by atoms with Crippen molar-refractivity contribution >= 4 is 51.3 Å². The highest BCUT2D eigenvalue weighted by atomic mass is 35.5. The van der Waals surface area contributed by atoms with Crippen LogP contribution in [0.15, 0.2) is 54.9 Å². The van der Waals surface area contributed by atoms with E-state index < -0.39 is 0 Å². The molecule has 2 N–H and O–H groups in total. The summed E-state index contributed by atoms with van der Waals surface area (Å²) in [6.07, 6.45) is 7.82. The Hall–Kier alpha value is -3.19. The van der Waals surface area contributed by atoms with Crippen molar-refractivity contribution in [1.82, 2.24) is 14.9 Å². The van der Waals surface area contributed by atoms with Crippen LogP contribution in [0, 0.1) is 5.92 Å². The van der Waals surface area contributed by atoms with Crippen molar-refractivity contribution in [3.63, 3.8) is 0 Å². The summed E-state index contributed by atoms with van der Waals surface area (Å²) in [6.45, 7) is 3.10. The van der Waals surface area contributed by atoms with Crippen LogP contribution in [0.3, 0.4) is 0 Å². The van der Waals surface area contributed by atoms with Crippen LogP contribution in [0.2, 0.25) is 10.0 Å².